The summed E-state index contributed by atoms with van der Waals surface area (Å²) < 4.78 is 5.58. The molecule has 2 rings (SSSR count). The summed E-state index contributed by atoms with van der Waals surface area (Å²) in [6.45, 7) is 6.85. The second-order valence-electron chi connectivity index (χ2n) is 8.23. The lowest BCUT2D eigenvalue weighted by molar-refractivity contribution is -0.183. The zero-order valence-electron chi connectivity index (χ0n) is 14.1. The van der Waals surface area contributed by atoms with Crippen molar-refractivity contribution in [1.82, 2.24) is 0 Å². The monoisotopic (exact) mass is 293 g/mol. The third-order valence-electron chi connectivity index (χ3n) is 6.20. The largest absolute Gasteiger partial charge is 0.386 e. The van der Waals surface area contributed by atoms with E-state index in [0.717, 1.165) is 44.9 Å². The normalized spacial score (nSPS) is 41.5. The number of methoxy groups -OCH3 is 1. The number of hydrogen-bond acceptors (Lipinski definition) is 3. The van der Waals surface area contributed by atoms with Crippen molar-refractivity contribution in [2.24, 2.45) is 16.7 Å². The molecule has 0 heterocycles. The van der Waals surface area contributed by atoms with Crippen molar-refractivity contribution < 1.29 is 9.84 Å². The Bertz CT molecular complexity index is 398. The molecule has 2 aliphatic carbocycles. The first kappa shape index (κ1) is 16.8. The van der Waals surface area contributed by atoms with Gasteiger partial charge in [-0.05, 0) is 49.9 Å². The number of hydrogen-bond donors (Lipinski definition) is 1. The van der Waals surface area contributed by atoms with E-state index in [1.54, 1.807) is 7.11 Å². The Kier molecular flexibility index (Phi) is 4.71. The Hall–Kier alpha value is -0.590. The van der Waals surface area contributed by atoms with E-state index >= 15 is 0 Å². The molecule has 2 fully saturated rings. The van der Waals surface area contributed by atoms with E-state index in [-0.39, 0.29) is 11.5 Å². The van der Waals surface area contributed by atoms with Crippen LogP contribution in [0.2, 0.25) is 0 Å². The van der Waals surface area contributed by atoms with Crippen molar-refractivity contribution >= 4 is 0 Å². The van der Waals surface area contributed by atoms with Crippen LogP contribution in [0.1, 0.15) is 72.1 Å². The third kappa shape index (κ3) is 2.85. The second kappa shape index (κ2) is 5.89. The SMILES string of the molecule is COC1CCCCC1(O)C1(C#N)CCC(C(C)(C)C)CC1. The van der Waals surface area contributed by atoms with Crippen LogP contribution in [-0.4, -0.2) is 23.9 Å². The number of nitriles is 1. The van der Waals surface area contributed by atoms with E-state index in [2.05, 4.69) is 26.8 Å². The average Bonchev–Trinajstić information content (AvgIpc) is 2.46. The van der Waals surface area contributed by atoms with Crippen LogP contribution in [0.25, 0.3) is 0 Å². The van der Waals surface area contributed by atoms with Gasteiger partial charge in [0.05, 0.1) is 17.6 Å². The van der Waals surface area contributed by atoms with Crippen LogP contribution in [0, 0.1) is 28.1 Å². The van der Waals surface area contributed by atoms with Crippen molar-refractivity contribution in [1.29, 1.82) is 5.26 Å². The molecule has 0 spiro atoms. The lowest BCUT2D eigenvalue weighted by atomic mass is 9.55. The van der Waals surface area contributed by atoms with Gasteiger partial charge in [-0.2, -0.15) is 5.26 Å². The fourth-order valence-corrected chi connectivity index (χ4v) is 4.60. The quantitative estimate of drug-likeness (QED) is 0.835. The van der Waals surface area contributed by atoms with Gasteiger partial charge in [0, 0.05) is 7.11 Å². The molecule has 2 unspecified atom stereocenters. The maximum atomic E-state index is 11.3. The molecule has 2 atom stereocenters. The summed E-state index contributed by atoms with van der Waals surface area (Å²) in [5, 5.41) is 21.2. The highest BCUT2D eigenvalue weighted by atomic mass is 16.5. The van der Waals surface area contributed by atoms with E-state index < -0.39 is 11.0 Å². The Morgan fingerprint density at radius 2 is 1.71 bits per heavy atom. The van der Waals surface area contributed by atoms with Gasteiger partial charge in [0.2, 0.25) is 0 Å². The maximum absolute atomic E-state index is 11.3. The zero-order chi connectivity index (χ0) is 15.7. The minimum absolute atomic E-state index is 0.183. The van der Waals surface area contributed by atoms with E-state index in [1.807, 2.05) is 0 Å². The van der Waals surface area contributed by atoms with Crippen molar-refractivity contribution in [3.05, 3.63) is 0 Å². The molecule has 1 N–H and O–H groups in total. The molecule has 0 aromatic heterocycles. The number of nitrogens with zero attached hydrogens (tertiary/aromatic N) is 1. The first-order valence-corrected chi connectivity index (χ1v) is 8.45. The van der Waals surface area contributed by atoms with Gasteiger partial charge in [-0.1, -0.05) is 33.6 Å². The molecule has 0 bridgehead atoms. The van der Waals surface area contributed by atoms with Crippen LogP contribution in [0.5, 0.6) is 0 Å². The standard InChI is InChI=1S/C18H31NO2/c1-16(2,3)14-8-11-17(13-19,12-9-14)18(20)10-6-5-7-15(18)21-4/h14-15,20H,5-12H2,1-4H3. The van der Waals surface area contributed by atoms with Gasteiger partial charge in [-0.3, -0.25) is 0 Å². The molecule has 2 aliphatic rings. The van der Waals surface area contributed by atoms with E-state index in [0.29, 0.717) is 12.3 Å². The second-order valence-corrected chi connectivity index (χ2v) is 8.23. The van der Waals surface area contributed by atoms with Crippen LogP contribution in [0.4, 0.5) is 0 Å². The van der Waals surface area contributed by atoms with Crippen LogP contribution < -0.4 is 0 Å². The van der Waals surface area contributed by atoms with E-state index in [4.69, 9.17) is 4.74 Å². The molecule has 2 saturated carbocycles. The lowest BCUT2D eigenvalue weighted by Gasteiger charge is -2.52. The molecule has 0 aliphatic heterocycles. The fourth-order valence-electron chi connectivity index (χ4n) is 4.60. The van der Waals surface area contributed by atoms with Gasteiger partial charge in [0.1, 0.15) is 5.60 Å². The average molecular weight is 293 g/mol. The van der Waals surface area contributed by atoms with Crippen molar-refractivity contribution in [2.75, 3.05) is 7.11 Å². The van der Waals surface area contributed by atoms with Gasteiger partial charge in [0.25, 0.3) is 0 Å². The van der Waals surface area contributed by atoms with Crippen LogP contribution in [-0.2, 0) is 4.74 Å². The van der Waals surface area contributed by atoms with Gasteiger partial charge >= 0.3 is 0 Å². The van der Waals surface area contributed by atoms with E-state index in [9.17, 15) is 10.4 Å². The molecule has 21 heavy (non-hydrogen) atoms. The number of rotatable bonds is 2. The lowest BCUT2D eigenvalue weighted by Crippen LogP contribution is -2.59. The summed E-state index contributed by atoms with van der Waals surface area (Å²) in [6.07, 6.45) is 7.18. The van der Waals surface area contributed by atoms with Crippen LogP contribution in [0.3, 0.4) is 0 Å². The van der Waals surface area contributed by atoms with Gasteiger partial charge in [0.15, 0.2) is 0 Å². The minimum Gasteiger partial charge on any atom is -0.386 e. The molecular formula is C18H31NO2. The molecule has 0 aromatic carbocycles. The minimum atomic E-state index is -0.961. The summed E-state index contributed by atoms with van der Waals surface area (Å²) in [5.41, 5.74) is -1.29. The Balaban J connectivity index is 2.21. The van der Waals surface area contributed by atoms with Crippen molar-refractivity contribution in [3.63, 3.8) is 0 Å². The predicted molar refractivity (Wildman–Crippen MR) is 83.7 cm³/mol. The Morgan fingerprint density at radius 3 is 2.19 bits per heavy atom. The van der Waals surface area contributed by atoms with Crippen molar-refractivity contribution in [3.8, 4) is 6.07 Å². The fraction of sp³-hybridized carbons (Fsp3) is 0.944. The molecule has 0 aromatic rings. The summed E-state index contributed by atoms with van der Waals surface area (Å²) in [5.74, 6) is 0.646. The smallest absolute Gasteiger partial charge is 0.109 e. The molecule has 0 saturated heterocycles. The third-order valence-corrected chi connectivity index (χ3v) is 6.20. The van der Waals surface area contributed by atoms with Crippen LogP contribution >= 0.6 is 0 Å². The van der Waals surface area contributed by atoms with Gasteiger partial charge in [-0.25, -0.2) is 0 Å². The summed E-state index contributed by atoms with van der Waals surface area (Å²) in [6, 6.07) is 2.53. The zero-order valence-corrected chi connectivity index (χ0v) is 14.1. The summed E-state index contributed by atoms with van der Waals surface area (Å²) in [7, 11) is 1.67. The van der Waals surface area contributed by atoms with E-state index in [1.165, 1.54) is 0 Å². The maximum Gasteiger partial charge on any atom is 0.109 e. The highest BCUT2D eigenvalue weighted by Crippen LogP contribution is 2.54. The van der Waals surface area contributed by atoms with Gasteiger partial charge < -0.3 is 9.84 Å². The number of aliphatic hydroxyl groups is 1. The molecule has 3 nitrogen and oxygen atoms in total. The topological polar surface area (TPSA) is 53.2 Å². The van der Waals surface area contributed by atoms with Crippen LogP contribution in [0.15, 0.2) is 0 Å². The first-order valence-electron chi connectivity index (χ1n) is 8.45. The summed E-state index contributed by atoms with van der Waals surface area (Å²) in [4.78, 5) is 0. The highest BCUT2D eigenvalue weighted by Gasteiger charge is 2.57. The molecule has 3 heteroatoms. The van der Waals surface area contributed by atoms with Gasteiger partial charge in [-0.15, -0.1) is 0 Å². The number of ether oxygens (including phenoxy) is 1. The predicted octanol–water partition coefficient (Wildman–Crippen LogP) is 4.05. The summed E-state index contributed by atoms with van der Waals surface area (Å²) >= 11 is 0. The molecular weight excluding hydrogens is 262 g/mol. The highest BCUT2D eigenvalue weighted by molar-refractivity contribution is 5.17. The molecule has 0 radical (unpaired) electrons. The Morgan fingerprint density at radius 1 is 1.10 bits per heavy atom. The molecule has 120 valence electrons. The Labute approximate surface area is 129 Å². The van der Waals surface area contributed by atoms with Crippen molar-refractivity contribution in [2.45, 2.75) is 83.8 Å². The first-order chi connectivity index (χ1) is 9.79. The molecule has 0 amide bonds.